The van der Waals surface area contributed by atoms with E-state index in [1.807, 2.05) is 25.7 Å². The van der Waals surface area contributed by atoms with Gasteiger partial charge in [-0.05, 0) is 70.8 Å². The molecule has 1 saturated carbocycles. The second-order valence-corrected chi connectivity index (χ2v) is 8.77. The highest BCUT2D eigenvalue weighted by molar-refractivity contribution is 5.69. The molecule has 1 amide bonds. The molecule has 22 heavy (non-hydrogen) atoms. The molecule has 1 aliphatic carbocycles. The molecule has 2 aliphatic heterocycles. The fourth-order valence-electron chi connectivity index (χ4n) is 4.20. The Morgan fingerprint density at radius 2 is 1.77 bits per heavy atom. The van der Waals surface area contributed by atoms with Crippen LogP contribution in [0.4, 0.5) is 4.79 Å². The molecule has 3 fully saturated rings. The minimum Gasteiger partial charge on any atom is -0.444 e. The van der Waals surface area contributed by atoms with Gasteiger partial charge in [-0.15, -0.1) is 0 Å². The molecule has 0 bridgehead atoms. The Bertz CT molecular complexity index is 406. The van der Waals surface area contributed by atoms with Gasteiger partial charge in [0.05, 0.1) is 0 Å². The van der Waals surface area contributed by atoms with E-state index in [0.717, 1.165) is 31.0 Å². The van der Waals surface area contributed by atoms with Crippen molar-refractivity contribution in [1.82, 2.24) is 9.80 Å². The summed E-state index contributed by atoms with van der Waals surface area (Å²) in [5.41, 5.74) is -0.384. The predicted molar refractivity (Wildman–Crippen MR) is 87.8 cm³/mol. The van der Waals surface area contributed by atoms with E-state index in [4.69, 9.17) is 4.74 Å². The SMILES string of the molecule is CC1CC(N2CCCC(C3CN(C(=O)OC(C)(C)C)C3)C2)C1. The highest BCUT2D eigenvalue weighted by Crippen LogP contribution is 2.37. The third-order valence-corrected chi connectivity index (χ3v) is 5.58. The molecule has 0 spiro atoms. The highest BCUT2D eigenvalue weighted by atomic mass is 16.6. The normalized spacial score (nSPS) is 34.0. The number of hydrogen-bond acceptors (Lipinski definition) is 3. The number of piperidine rings is 1. The van der Waals surface area contributed by atoms with Crippen LogP contribution in [0.3, 0.4) is 0 Å². The number of carbonyl (C=O) groups excluding carboxylic acids is 1. The van der Waals surface area contributed by atoms with Crippen molar-refractivity contribution in [1.29, 1.82) is 0 Å². The Kier molecular flexibility index (Phi) is 4.41. The average Bonchev–Trinajstić information content (AvgIpc) is 2.31. The Morgan fingerprint density at radius 1 is 1.09 bits per heavy atom. The lowest BCUT2D eigenvalue weighted by molar-refractivity contribution is -0.0297. The van der Waals surface area contributed by atoms with Crippen molar-refractivity contribution < 1.29 is 9.53 Å². The van der Waals surface area contributed by atoms with Gasteiger partial charge in [0.1, 0.15) is 5.60 Å². The van der Waals surface area contributed by atoms with Crippen molar-refractivity contribution in [2.24, 2.45) is 17.8 Å². The van der Waals surface area contributed by atoms with Crippen molar-refractivity contribution >= 4 is 6.09 Å². The van der Waals surface area contributed by atoms with E-state index in [2.05, 4.69) is 11.8 Å². The van der Waals surface area contributed by atoms with E-state index in [-0.39, 0.29) is 11.7 Å². The van der Waals surface area contributed by atoms with Gasteiger partial charge in [0.15, 0.2) is 0 Å². The van der Waals surface area contributed by atoms with E-state index in [1.54, 1.807) is 0 Å². The lowest BCUT2D eigenvalue weighted by Crippen LogP contribution is -2.57. The molecule has 0 N–H and O–H groups in total. The van der Waals surface area contributed by atoms with Gasteiger partial charge < -0.3 is 14.5 Å². The molecule has 1 atom stereocenters. The van der Waals surface area contributed by atoms with Gasteiger partial charge in [-0.2, -0.15) is 0 Å². The molecule has 2 saturated heterocycles. The molecule has 4 heteroatoms. The fraction of sp³-hybridized carbons (Fsp3) is 0.944. The number of amides is 1. The predicted octanol–water partition coefficient (Wildman–Crippen LogP) is 3.36. The summed E-state index contributed by atoms with van der Waals surface area (Å²) in [6.45, 7) is 12.5. The summed E-state index contributed by atoms with van der Waals surface area (Å²) in [5, 5.41) is 0. The zero-order chi connectivity index (χ0) is 15.9. The van der Waals surface area contributed by atoms with E-state index in [9.17, 15) is 4.79 Å². The first-order valence-corrected chi connectivity index (χ1v) is 9.04. The molecular formula is C18H32N2O2. The number of rotatable bonds is 2. The van der Waals surface area contributed by atoms with Gasteiger partial charge in [0, 0.05) is 25.7 Å². The van der Waals surface area contributed by atoms with Crippen LogP contribution in [0.5, 0.6) is 0 Å². The van der Waals surface area contributed by atoms with Crippen LogP contribution >= 0.6 is 0 Å². The summed E-state index contributed by atoms with van der Waals surface area (Å²) in [5.74, 6) is 2.40. The zero-order valence-electron chi connectivity index (χ0n) is 14.7. The van der Waals surface area contributed by atoms with E-state index >= 15 is 0 Å². The average molecular weight is 308 g/mol. The maximum absolute atomic E-state index is 12.0. The van der Waals surface area contributed by atoms with Crippen LogP contribution in [0.2, 0.25) is 0 Å². The van der Waals surface area contributed by atoms with Crippen LogP contribution in [0.15, 0.2) is 0 Å². The lowest BCUT2D eigenvalue weighted by Gasteiger charge is -2.50. The molecule has 4 nitrogen and oxygen atoms in total. The van der Waals surface area contributed by atoms with Crippen molar-refractivity contribution in [2.45, 2.75) is 65.0 Å². The van der Waals surface area contributed by atoms with Gasteiger partial charge in [-0.3, -0.25) is 0 Å². The summed E-state index contributed by atoms with van der Waals surface area (Å²) in [6, 6.07) is 0.847. The number of ether oxygens (including phenoxy) is 1. The third-order valence-electron chi connectivity index (χ3n) is 5.58. The number of nitrogens with zero attached hydrogens (tertiary/aromatic N) is 2. The standard InChI is InChI=1S/C18H32N2O2/c1-13-8-16(9-13)19-7-5-6-14(10-19)15-11-20(12-15)17(21)22-18(2,3)4/h13-16H,5-12H2,1-4H3. The molecule has 3 aliphatic rings. The van der Waals surface area contributed by atoms with Crippen LogP contribution in [-0.2, 0) is 4.74 Å². The number of carbonyl (C=O) groups is 1. The first kappa shape index (κ1) is 16.1. The van der Waals surface area contributed by atoms with Crippen LogP contribution in [0.1, 0.15) is 53.4 Å². The molecule has 2 heterocycles. The van der Waals surface area contributed by atoms with Crippen molar-refractivity contribution in [3.8, 4) is 0 Å². The third kappa shape index (κ3) is 3.58. The minimum absolute atomic E-state index is 0.135. The number of likely N-dealkylation sites (tertiary alicyclic amines) is 2. The Hall–Kier alpha value is -0.770. The molecule has 0 aromatic heterocycles. The van der Waals surface area contributed by atoms with Crippen LogP contribution in [-0.4, -0.2) is 53.7 Å². The summed E-state index contributed by atoms with van der Waals surface area (Å²) >= 11 is 0. The first-order chi connectivity index (χ1) is 10.3. The van der Waals surface area contributed by atoms with Gasteiger partial charge in [-0.1, -0.05) is 6.92 Å². The highest BCUT2D eigenvalue weighted by Gasteiger charge is 2.41. The van der Waals surface area contributed by atoms with Crippen molar-refractivity contribution in [2.75, 3.05) is 26.2 Å². The zero-order valence-corrected chi connectivity index (χ0v) is 14.7. The topological polar surface area (TPSA) is 32.8 Å². The quantitative estimate of drug-likeness (QED) is 0.784. The van der Waals surface area contributed by atoms with Gasteiger partial charge in [0.25, 0.3) is 0 Å². The summed E-state index contributed by atoms with van der Waals surface area (Å²) < 4.78 is 5.45. The lowest BCUT2D eigenvalue weighted by atomic mass is 9.76. The minimum atomic E-state index is -0.384. The smallest absolute Gasteiger partial charge is 0.410 e. The van der Waals surface area contributed by atoms with Gasteiger partial charge in [0.2, 0.25) is 0 Å². The molecule has 3 rings (SSSR count). The first-order valence-electron chi connectivity index (χ1n) is 9.04. The Balaban J connectivity index is 1.43. The monoisotopic (exact) mass is 308 g/mol. The van der Waals surface area contributed by atoms with Crippen LogP contribution in [0, 0.1) is 17.8 Å². The maximum Gasteiger partial charge on any atom is 0.410 e. The van der Waals surface area contributed by atoms with Crippen molar-refractivity contribution in [3.05, 3.63) is 0 Å². The molecule has 0 aromatic rings. The number of hydrogen-bond donors (Lipinski definition) is 0. The summed E-state index contributed by atoms with van der Waals surface area (Å²) in [6.07, 6.45) is 5.32. The second kappa shape index (κ2) is 6.03. The van der Waals surface area contributed by atoms with Crippen molar-refractivity contribution in [3.63, 3.8) is 0 Å². The second-order valence-electron chi connectivity index (χ2n) is 8.77. The van der Waals surface area contributed by atoms with E-state index < -0.39 is 0 Å². The molecule has 0 aromatic carbocycles. The largest absolute Gasteiger partial charge is 0.444 e. The van der Waals surface area contributed by atoms with Gasteiger partial charge in [-0.25, -0.2) is 4.79 Å². The molecular weight excluding hydrogens is 276 g/mol. The van der Waals surface area contributed by atoms with E-state index in [0.29, 0.717) is 5.92 Å². The molecule has 1 unspecified atom stereocenters. The fourth-order valence-corrected chi connectivity index (χ4v) is 4.20. The Morgan fingerprint density at radius 3 is 2.36 bits per heavy atom. The summed E-state index contributed by atoms with van der Waals surface area (Å²) in [4.78, 5) is 16.6. The van der Waals surface area contributed by atoms with Crippen LogP contribution < -0.4 is 0 Å². The van der Waals surface area contributed by atoms with E-state index in [1.165, 1.54) is 38.8 Å². The van der Waals surface area contributed by atoms with Gasteiger partial charge >= 0.3 is 6.09 Å². The van der Waals surface area contributed by atoms with Crippen LogP contribution in [0.25, 0.3) is 0 Å². The summed E-state index contributed by atoms with van der Waals surface area (Å²) in [7, 11) is 0. The molecule has 0 radical (unpaired) electrons. The Labute approximate surface area is 135 Å². The molecule has 126 valence electrons. The maximum atomic E-state index is 12.0.